The lowest BCUT2D eigenvalue weighted by Crippen LogP contribution is -2.38. The van der Waals surface area contributed by atoms with Crippen LogP contribution in [-0.2, 0) is 14.8 Å². The summed E-state index contributed by atoms with van der Waals surface area (Å²) in [4.78, 5) is 15.2. The average molecular weight is 336 g/mol. The normalized spacial score (nSPS) is 11.6. The molecule has 0 atom stereocenters. The summed E-state index contributed by atoms with van der Waals surface area (Å²) in [5, 5.41) is 2.54. The number of pyridine rings is 1. The number of aromatic nitrogens is 1. The molecular weight excluding hydrogens is 322 g/mol. The van der Waals surface area contributed by atoms with E-state index in [2.05, 4.69) is 26.2 Å². The zero-order valence-electron chi connectivity index (χ0n) is 10.1. The topological polar surface area (TPSA) is 79.4 Å². The number of nitrogens with one attached hydrogen (secondary N) is 1. The van der Waals surface area contributed by atoms with Crippen molar-refractivity contribution < 1.29 is 13.2 Å². The molecule has 0 unspecified atom stereocenters. The molecule has 0 aliphatic heterocycles. The van der Waals surface area contributed by atoms with Crippen molar-refractivity contribution in [3.63, 3.8) is 0 Å². The van der Waals surface area contributed by atoms with Crippen LogP contribution in [0.1, 0.15) is 6.92 Å². The van der Waals surface area contributed by atoms with E-state index < -0.39 is 10.0 Å². The number of carbonyl (C=O) groups excluding carboxylic acids is 1. The second-order valence-corrected chi connectivity index (χ2v) is 6.51. The summed E-state index contributed by atoms with van der Waals surface area (Å²) < 4.78 is 25.8. The van der Waals surface area contributed by atoms with Crippen LogP contribution in [0.5, 0.6) is 0 Å². The van der Waals surface area contributed by atoms with E-state index in [1.54, 1.807) is 6.92 Å². The molecule has 100 valence electrons. The van der Waals surface area contributed by atoms with Gasteiger partial charge in [-0.2, -0.15) is 4.31 Å². The van der Waals surface area contributed by atoms with Gasteiger partial charge in [-0.05, 0) is 28.9 Å². The van der Waals surface area contributed by atoms with Crippen molar-refractivity contribution in [2.75, 3.05) is 20.1 Å². The van der Waals surface area contributed by atoms with Crippen molar-refractivity contribution in [1.82, 2.24) is 14.6 Å². The lowest BCUT2D eigenvalue weighted by molar-refractivity contribution is -0.121. The summed E-state index contributed by atoms with van der Waals surface area (Å²) in [6.07, 6.45) is 2.73. The molecule has 0 bridgehead atoms. The molecule has 1 N–H and O–H groups in total. The van der Waals surface area contributed by atoms with Gasteiger partial charge in [0.25, 0.3) is 0 Å². The first-order valence-corrected chi connectivity index (χ1v) is 7.44. The van der Waals surface area contributed by atoms with E-state index in [1.807, 2.05) is 0 Å². The van der Waals surface area contributed by atoms with E-state index in [1.165, 1.54) is 25.5 Å². The Balaban J connectivity index is 2.90. The van der Waals surface area contributed by atoms with Gasteiger partial charge in [0.2, 0.25) is 15.9 Å². The number of likely N-dealkylation sites (N-methyl/N-ethyl adjacent to an activating group) is 2. The van der Waals surface area contributed by atoms with Crippen molar-refractivity contribution in [3.05, 3.63) is 22.9 Å². The Hall–Kier alpha value is -0.990. The minimum absolute atomic E-state index is 0.0451. The predicted octanol–water partition coefficient (Wildman–Crippen LogP) is 0.601. The Morgan fingerprint density at radius 1 is 1.50 bits per heavy atom. The molecule has 1 amide bonds. The Morgan fingerprint density at radius 2 is 2.17 bits per heavy atom. The van der Waals surface area contributed by atoms with Gasteiger partial charge in [0.05, 0.1) is 6.54 Å². The van der Waals surface area contributed by atoms with Crippen LogP contribution in [-0.4, -0.2) is 43.8 Å². The van der Waals surface area contributed by atoms with Crippen LogP contribution in [0.15, 0.2) is 27.8 Å². The maximum Gasteiger partial charge on any atom is 0.244 e. The van der Waals surface area contributed by atoms with E-state index >= 15 is 0 Å². The van der Waals surface area contributed by atoms with E-state index in [-0.39, 0.29) is 17.3 Å². The minimum atomic E-state index is -3.69. The Labute approximate surface area is 115 Å². The van der Waals surface area contributed by atoms with Crippen LogP contribution in [0.2, 0.25) is 0 Å². The van der Waals surface area contributed by atoms with E-state index in [0.29, 0.717) is 11.0 Å². The van der Waals surface area contributed by atoms with E-state index in [9.17, 15) is 13.2 Å². The molecule has 0 saturated heterocycles. The molecule has 6 nitrogen and oxygen atoms in total. The van der Waals surface area contributed by atoms with Crippen LogP contribution in [0, 0.1) is 0 Å². The number of nitrogens with zero attached hydrogens (tertiary/aromatic N) is 2. The lowest BCUT2D eigenvalue weighted by atomic mass is 10.5. The predicted molar refractivity (Wildman–Crippen MR) is 70.4 cm³/mol. The fraction of sp³-hybridized carbons (Fsp3) is 0.400. The van der Waals surface area contributed by atoms with Crippen molar-refractivity contribution in [1.29, 1.82) is 0 Å². The number of hydrogen-bond donors (Lipinski definition) is 1. The zero-order valence-corrected chi connectivity index (χ0v) is 12.5. The number of amides is 1. The standard InChI is InChI=1S/C10H14BrN3O3S/c1-3-13-10(15)7-14(2)18(16,17)9-4-8(11)5-12-6-9/h4-6H,3,7H2,1-2H3,(H,13,15). The molecular formula is C10H14BrN3O3S. The highest BCUT2D eigenvalue weighted by molar-refractivity contribution is 9.10. The summed E-state index contributed by atoms with van der Waals surface area (Å²) in [7, 11) is -2.34. The highest BCUT2D eigenvalue weighted by Crippen LogP contribution is 2.17. The molecule has 1 aromatic rings. The van der Waals surface area contributed by atoms with Gasteiger partial charge in [0.15, 0.2) is 0 Å². The molecule has 0 saturated carbocycles. The first kappa shape index (κ1) is 15.1. The van der Waals surface area contributed by atoms with Gasteiger partial charge in [-0.15, -0.1) is 0 Å². The quantitative estimate of drug-likeness (QED) is 0.854. The second-order valence-electron chi connectivity index (χ2n) is 3.55. The molecule has 0 aliphatic carbocycles. The zero-order chi connectivity index (χ0) is 13.8. The Bertz CT molecular complexity index is 533. The molecule has 0 spiro atoms. The Kier molecular flexibility index (Phi) is 5.24. The number of sulfonamides is 1. The van der Waals surface area contributed by atoms with E-state index in [4.69, 9.17) is 0 Å². The summed E-state index contributed by atoms with van der Waals surface area (Å²) in [6, 6.07) is 1.44. The highest BCUT2D eigenvalue weighted by Gasteiger charge is 2.23. The van der Waals surface area contributed by atoms with Crippen LogP contribution >= 0.6 is 15.9 Å². The third kappa shape index (κ3) is 3.76. The molecule has 1 aromatic heterocycles. The molecule has 0 radical (unpaired) electrons. The van der Waals surface area contributed by atoms with Crippen LogP contribution < -0.4 is 5.32 Å². The van der Waals surface area contributed by atoms with Crippen LogP contribution in [0.3, 0.4) is 0 Å². The number of rotatable bonds is 5. The van der Waals surface area contributed by atoms with Crippen LogP contribution in [0.25, 0.3) is 0 Å². The summed E-state index contributed by atoms with van der Waals surface area (Å²) in [5.41, 5.74) is 0. The van der Waals surface area contributed by atoms with Gasteiger partial charge in [-0.1, -0.05) is 0 Å². The smallest absolute Gasteiger partial charge is 0.244 e. The van der Waals surface area contributed by atoms with Crippen LogP contribution in [0.4, 0.5) is 0 Å². The summed E-state index contributed by atoms with van der Waals surface area (Å²) >= 11 is 3.15. The monoisotopic (exact) mass is 335 g/mol. The first-order valence-electron chi connectivity index (χ1n) is 5.21. The third-order valence-electron chi connectivity index (χ3n) is 2.13. The van der Waals surface area contributed by atoms with Gasteiger partial charge in [0.1, 0.15) is 4.90 Å². The Morgan fingerprint density at radius 3 is 2.72 bits per heavy atom. The number of halogens is 1. The molecule has 8 heteroatoms. The van der Waals surface area contributed by atoms with Crippen molar-refractivity contribution in [2.24, 2.45) is 0 Å². The summed E-state index contributed by atoms with van der Waals surface area (Å²) in [5.74, 6) is -0.341. The van der Waals surface area contributed by atoms with Crippen molar-refractivity contribution in [2.45, 2.75) is 11.8 Å². The van der Waals surface area contributed by atoms with Crippen molar-refractivity contribution >= 4 is 31.9 Å². The van der Waals surface area contributed by atoms with Crippen molar-refractivity contribution in [3.8, 4) is 0 Å². The highest BCUT2D eigenvalue weighted by atomic mass is 79.9. The van der Waals surface area contributed by atoms with E-state index in [0.717, 1.165) is 4.31 Å². The number of carbonyl (C=O) groups is 1. The fourth-order valence-corrected chi connectivity index (χ4v) is 2.89. The SMILES string of the molecule is CCNC(=O)CN(C)S(=O)(=O)c1cncc(Br)c1. The minimum Gasteiger partial charge on any atom is -0.355 e. The molecule has 18 heavy (non-hydrogen) atoms. The maximum absolute atomic E-state index is 12.1. The maximum atomic E-state index is 12.1. The average Bonchev–Trinajstić information content (AvgIpc) is 2.29. The molecule has 0 aromatic carbocycles. The van der Waals surface area contributed by atoms with Gasteiger partial charge < -0.3 is 5.32 Å². The molecule has 1 rings (SSSR count). The molecule has 0 aliphatic rings. The van der Waals surface area contributed by atoms with Gasteiger partial charge >= 0.3 is 0 Å². The largest absolute Gasteiger partial charge is 0.355 e. The third-order valence-corrected chi connectivity index (χ3v) is 4.33. The molecule has 1 heterocycles. The van der Waals surface area contributed by atoms with Gasteiger partial charge in [-0.3, -0.25) is 9.78 Å². The lowest BCUT2D eigenvalue weighted by Gasteiger charge is -2.16. The number of hydrogen-bond acceptors (Lipinski definition) is 4. The fourth-order valence-electron chi connectivity index (χ4n) is 1.25. The second kappa shape index (κ2) is 6.26. The van der Waals surface area contributed by atoms with Gasteiger partial charge in [0, 0.05) is 30.5 Å². The molecule has 0 fully saturated rings. The van der Waals surface area contributed by atoms with Gasteiger partial charge in [-0.25, -0.2) is 8.42 Å². The summed E-state index contributed by atoms with van der Waals surface area (Å²) in [6.45, 7) is 2.01. The first-order chi connectivity index (χ1) is 8.37.